The number of hydrogen-bond acceptors (Lipinski definition) is 7. The smallest absolute Gasteiger partial charge is 0.343 e. The van der Waals surface area contributed by atoms with E-state index < -0.39 is 0 Å². The summed E-state index contributed by atoms with van der Waals surface area (Å²) in [5, 5.41) is 16.4. The van der Waals surface area contributed by atoms with Gasteiger partial charge in [0.25, 0.3) is 0 Å². The van der Waals surface area contributed by atoms with Crippen molar-refractivity contribution in [2.75, 3.05) is 50.5 Å². The first kappa shape index (κ1) is 20.3. The zero-order chi connectivity index (χ0) is 19.9. The van der Waals surface area contributed by atoms with Gasteiger partial charge >= 0.3 is 5.69 Å². The van der Waals surface area contributed by atoms with Crippen LogP contribution in [0.2, 0.25) is 0 Å². The Morgan fingerprint density at radius 3 is 2.64 bits per heavy atom. The molecule has 0 radical (unpaired) electrons. The molecule has 152 valence electrons. The Morgan fingerprint density at radius 1 is 1.25 bits per heavy atom. The molecule has 2 heterocycles. The van der Waals surface area contributed by atoms with E-state index >= 15 is 0 Å². The second-order valence-electron chi connectivity index (χ2n) is 6.48. The lowest BCUT2D eigenvalue weighted by atomic mass is 10.2. The number of methoxy groups -OCH3 is 1. The van der Waals surface area contributed by atoms with Crippen LogP contribution >= 0.6 is 11.8 Å². The van der Waals surface area contributed by atoms with Gasteiger partial charge in [-0.2, -0.15) is 0 Å². The second-order valence-corrected chi connectivity index (χ2v) is 7.42. The van der Waals surface area contributed by atoms with E-state index in [2.05, 4.69) is 15.1 Å². The van der Waals surface area contributed by atoms with Crippen LogP contribution in [0.5, 0.6) is 5.75 Å². The maximum Gasteiger partial charge on any atom is 0.343 e. The molecule has 1 aliphatic rings. The molecule has 2 N–H and O–H groups in total. The van der Waals surface area contributed by atoms with Crippen LogP contribution in [-0.4, -0.2) is 76.3 Å². The highest BCUT2D eigenvalue weighted by atomic mass is 32.2. The van der Waals surface area contributed by atoms with E-state index in [-0.39, 0.29) is 23.1 Å². The largest absolute Gasteiger partial charge is 0.508 e. The minimum absolute atomic E-state index is 0.0363. The Balaban J connectivity index is 1.49. The number of aromatic amines is 1. The number of piperazine rings is 1. The zero-order valence-corrected chi connectivity index (χ0v) is 16.7. The summed E-state index contributed by atoms with van der Waals surface area (Å²) in [4.78, 5) is 28.4. The van der Waals surface area contributed by atoms with Crippen LogP contribution < -0.4 is 10.6 Å². The molecule has 9 nitrogen and oxygen atoms in total. The van der Waals surface area contributed by atoms with Crippen molar-refractivity contribution in [1.82, 2.24) is 19.7 Å². The molecule has 0 aliphatic carbocycles. The normalized spacial score (nSPS) is 14.5. The first-order chi connectivity index (χ1) is 13.6. The number of aromatic hydroxyl groups is 1. The van der Waals surface area contributed by atoms with Gasteiger partial charge in [-0.25, -0.2) is 9.89 Å². The fraction of sp³-hybridized carbons (Fsp3) is 0.500. The number of amides is 1. The average molecular weight is 407 g/mol. The Hall–Kier alpha value is -2.46. The number of H-pyrrole nitrogens is 1. The maximum atomic E-state index is 12.5. The van der Waals surface area contributed by atoms with Gasteiger partial charge in [0.1, 0.15) is 5.75 Å². The summed E-state index contributed by atoms with van der Waals surface area (Å²) in [5.74, 6) is 0.524. The van der Waals surface area contributed by atoms with Crippen LogP contribution in [0.3, 0.4) is 0 Å². The van der Waals surface area contributed by atoms with Crippen LogP contribution in [0.4, 0.5) is 5.69 Å². The predicted octanol–water partition coefficient (Wildman–Crippen LogP) is 0.754. The van der Waals surface area contributed by atoms with Gasteiger partial charge in [-0.15, -0.1) is 5.10 Å². The highest BCUT2D eigenvalue weighted by Crippen LogP contribution is 2.20. The first-order valence-electron chi connectivity index (χ1n) is 9.17. The molecule has 0 unspecified atom stereocenters. The minimum atomic E-state index is -0.270. The molecular weight excluding hydrogens is 382 g/mol. The number of rotatable bonds is 8. The number of anilines is 1. The number of benzene rings is 1. The number of nitrogens with zero attached hydrogens (tertiary/aromatic N) is 4. The van der Waals surface area contributed by atoms with Gasteiger partial charge in [-0.1, -0.05) is 11.8 Å². The topological polar surface area (TPSA) is 104 Å². The van der Waals surface area contributed by atoms with Crippen LogP contribution in [0.25, 0.3) is 0 Å². The third-order valence-electron chi connectivity index (χ3n) is 4.63. The lowest BCUT2D eigenvalue weighted by Crippen LogP contribution is -2.49. The number of phenolic OH excluding ortho intramolecular Hbond substituents is 1. The van der Waals surface area contributed by atoms with E-state index in [9.17, 15) is 14.7 Å². The van der Waals surface area contributed by atoms with Gasteiger partial charge in [0, 0.05) is 52.1 Å². The SMILES string of the molecule is COCCCn1c(SCC(=O)N2CCN(c3ccc(O)cc3)CC2)n[nH]c1=O. The van der Waals surface area contributed by atoms with E-state index in [4.69, 9.17) is 4.74 Å². The van der Waals surface area contributed by atoms with Crippen molar-refractivity contribution in [3.63, 3.8) is 0 Å². The molecule has 0 bridgehead atoms. The van der Waals surface area contributed by atoms with Crippen LogP contribution in [0, 0.1) is 0 Å². The summed E-state index contributed by atoms with van der Waals surface area (Å²) in [7, 11) is 1.62. The van der Waals surface area contributed by atoms with E-state index in [0.717, 1.165) is 18.8 Å². The molecule has 1 saturated heterocycles. The summed E-state index contributed by atoms with van der Waals surface area (Å²) in [5.41, 5.74) is 0.768. The van der Waals surface area contributed by atoms with Crippen molar-refractivity contribution in [3.05, 3.63) is 34.7 Å². The van der Waals surface area contributed by atoms with Crippen molar-refractivity contribution in [2.45, 2.75) is 18.1 Å². The molecule has 1 aromatic heterocycles. The fourth-order valence-electron chi connectivity index (χ4n) is 3.07. The highest BCUT2D eigenvalue weighted by Gasteiger charge is 2.22. The number of nitrogens with one attached hydrogen (secondary N) is 1. The number of aromatic nitrogens is 3. The summed E-state index contributed by atoms with van der Waals surface area (Å²) >= 11 is 1.27. The highest BCUT2D eigenvalue weighted by molar-refractivity contribution is 7.99. The quantitative estimate of drug-likeness (QED) is 0.492. The van der Waals surface area contributed by atoms with Gasteiger partial charge in [0.05, 0.1) is 5.75 Å². The Bertz CT molecular complexity index is 827. The van der Waals surface area contributed by atoms with Crippen LogP contribution in [0.15, 0.2) is 34.2 Å². The molecule has 28 heavy (non-hydrogen) atoms. The number of ether oxygens (including phenoxy) is 1. The monoisotopic (exact) mass is 407 g/mol. The fourth-order valence-corrected chi connectivity index (χ4v) is 3.95. The molecule has 1 aromatic carbocycles. The third-order valence-corrected chi connectivity index (χ3v) is 5.59. The summed E-state index contributed by atoms with van der Waals surface area (Å²) < 4.78 is 6.56. The van der Waals surface area contributed by atoms with E-state index in [1.807, 2.05) is 17.0 Å². The van der Waals surface area contributed by atoms with Gasteiger partial charge < -0.3 is 19.6 Å². The number of carbonyl (C=O) groups is 1. The number of carbonyl (C=O) groups excluding carboxylic acids is 1. The Kier molecular flexibility index (Phi) is 6.99. The predicted molar refractivity (Wildman–Crippen MR) is 107 cm³/mol. The van der Waals surface area contributed by atoms with Crippen molar-refractivity contribution < 1.29 is 14.6 Å². The molecular formula is C18H25N5O4S. The second kappa shape index (κ2) is 9.65. The molecule has 1 aliphatic heterocycles. The van der Waals surface area contributed by atoms with Crippen molar-refractivity contribution >= 4 is 23.4 Å². The van der Waals surface area contributed by atoms with Crippen molar-refractivity contribution in [2.24, 2.45) is 0 Å². The van der Waals surface area contributed by atoms with Gasteiger partial charge in [0.15, 0.2) is 5.16 Å². The zero-order valence-electron chi connectivity index (χ0n) is 15.8. The number of phenols is 1. The molecule has 10 heteroatoms. The van der Waals surface area contributed by atoms with Gasteiger partial charge in [-0.05, 0) is 30.7 Å². The summed E-state index contributed by atoms with van der Waals surface area (Å²) in [6.45, 7) is 3.83. The third kappa shape index (κ3) is 5.08. The standard InChI is InChI=1S/C18H25N5O4S/c1-27-12-2-7-23-17(26)19-20-18(23)28-13-16(25)22-10-8-21(9-11-22)14-3-5-15(24)6-4-14/h3-6,24H,2,7-13H2,1H3,(H,19,26). The van der Waals surface area contributed by atoms with E-state index in [1.165, 1.54) is 11.8 Å². The lowest BCUT2D eigenvalue weighted by Gasteiger charge is -2.36. The lowest BCUT2D eigenvalue weighted by molar-refractivity contribution is -0.128. The van der Waals surface area contributed by atoms with Gasteiger partial charge in [-0.3, -0.25) is 9.36 Å². The van der Waals surface area contributed by atoms with Crippen LogP contribution in [-0.2, 0) is 16.1 Å². The molecule has 2 aromatic rings. The molecule has 3 rings (SSSR count). The average Bonchev–Trinajstić information content (AvgIpc) is 3.07. The molecule has 1 amide bonds. The maximum absolute atomic E-state index is 12.5. The Labute approximate surface area is 167 Å². The minimum Gasteiger partial charge on any atom is -0.508 e. The first-order valence-corrected chi connectivity index (χ1v) is 10.2. The van der Waals surface area contributed by atoms with E-state index in [1.54, 1.807) is 23.8 Å². The molecule has 0 spiro atoms. The Morgan fingerprint density at radius 2 is 1.96 bits per heavy atom. The van der Waals surface area contributed by atoms with Crippen LogP contribution in [0.1, 0.15) is 6.42 Å². The van der Waals surface area contributed by atoms with E-state index in [0.29, 0.717) is 37.8 Å². The molecule has 0 atom stereocenters. The summed E-state index contributed by atoms with van der Waals surface area (Å²) in [6, 6.07) is 7.09. The number of hydrogen-bond donors (Lipinski definition) is 2. The summed E-state index contributed by atoms with van der Waals surface area (Å²) in [6.07, 6.45) is 0.705. The molecule has 0 saturated carbocycles. The molecule has 1 fully saturated rings. The van der Waals surface area contributed by atoms with Gasteiger partial charge in [0.2, 0.25) is 5.91 Å². The number of thioether (sulfide) groups is 1. The van der Waals surface area contributed by atoms with Crippen molar-refractivity contribution in [3.8, 4) is 5.75 Å². The van der Waals surface area contributed by atoms with Crippen molar-refractivity contribution in [1.29, 1.82) is 0 Å².